The molecule has 0 spiro atoms. The van der Waals surface area contributed by atoms with Crippen LogP contribution in [0.3, 0.4) is 0 Å². The fourth-order valence-corrected chi connectivity index (χ4v) is 2.28. The molecule has 1 saturated carbocycles. The standard InChI is InChI=1S/C13H18N4O/c1-16-8-10(6-15-16)2-5-13(18)12-7-14-9-17(12)11-3-4-11/h6-9,11,13,18H,2-5H2,1H3. The monoisotopic (exact) mass is 246 g/mol. The number of imidazole rings is 1. The summed E-state index contributed by atoms with van der Waals surface area (Å²) >= 11 is 0. The summed E-state index contributed by atoms with van der Waals surface area (Å²) < 4.78 is 3.91. The number of hydrogen-bond acceptors (Lipinski definition) is 3. The first kappa shape index (κ1) is 11.5. The SMILES string of the molecule is Cn1cc(CCC(O)c2cncn2C2CC2)cn1. The van der Waals surface area contributed by atoms with Gasteiger partial charge in [0.15, 0.2) is 0 Å². The molecule has 0 aromatic carbocycles. The first-order valence-corrected chi connectivity index (χ1v) is 6.41. The van der Waals surface area contributed by atoms with Crippen LogP contribution in [0.25, 0.3) is 0 Å². The predicted molar refractivity (Wildman–Crippen MR) is 67.0 cm³/mol. The van der Waals surface area contributed by atoms with E-state index < -0.39 is 6.10 Å². The molecule has 0 bridgehead atoms. The highest BCUT2D eigenvalue weighted by molar-refractivity contribution is 5.09. The van der Waals surface area contributed by atoms with E-state index in [1.165, 1.54) is 12.8 Å². The minimum absolute atomic E-state index is 0.437. The summed E-state index contributed by atoms with van der Waals surface area (Å²) in [6, 6.07) is 0.565. The van der Waals surface area contributed by atoms with Crippen molar-refractivity contribution in [1.82, 2.24) is 19.3 Å². The topological polar surface area (TPSA) is 55.9 Å². The summed E-state index contributed by atoms with van der Waals surface area (Å²) in [6.45, 7) is 0. The minimum Gasteiger partial charge on any atom is -0.387 e. The summed E-state index contributed by atoms with van der Waals surface area (Å²) in [6.07, 6.45) is 11.0. The van der Waals surface area contributed by atoms with Crippen LogP contribution in [0.5, 0.6) is 0 Å². The van der Waals surface area contributed by atoms with Gasteiger partial charge in [-0.3, -0.25) is 4.68 Å². The molecule has 0 aliphatic heterocycles. The lowest BCUT2D eigenvalue weighted by atomic mass is 10.1. The average molecular weight is 246 g/mol. The van der Waals surface area contributed by atoms with Crippen molar-refractivity contribution in [1.29, 1.82) is 0 Å². The average Bonchev–Trinajstić information content (AvgIpc) is 2.94. The molecule has 2 aromatic rings. The van der Waals surface area contributed by atoms with Crippen molar-refractivity contribution in [3.8, 4) is 0 Å². The molecule has 0 amide bonds. The van der Waals surface area contributed by atoms with Crippen molar-refractivity contribution in [2.45, 2.75) is 37.8 Å². The highest BCUT2D eigenvalue weighted by Gasteiger charge is 2.27. The maximum Gasteiger partial charge on any atom is 0.0959 e. The third-order valence-electron chi connectivity index (χ3n) is 3.44. The summed E-state index contributed by atoms with van der Waals surface area (Å²) in [5.74, 6) is 0. The van der Waals surface area contributed by atoms with Gasteiger partial charge in [-0.1, -0.05) is 0 Å². The van der Waals surface area contributed by atoms with E-state index in [0.717, 1.165) is 17.7 Å². The predicted octanol–water partition coefficient (Wildman–Crippen LogP) is 1.62. The van der Waals surface area contributed by atoms with Crippen LogP contribution in [0.15, 0.2) is 24.9 Å². The number of hydrogen-bond donors (Lipinski definition) is 1. The lowest BCUT2D eigenvalue weighted by molar-refractivity contribution is 0.158. The van der Waals surface area contributed by atoms with E-state index in [1.54, 1.807) is 10.9 Å². The molecular formula is C13H18N4O. The van der Waals surface area contributed by atoms with E-state index in [4.69, 9.17) is 0 Å². The molecule has 1 N–H and O–H groups in total. The zero-order valence-electron chi connectivity index (χ0n) is 10.5. The first-order valence-electron chi connectivity index (χ1n) is 6.41. The Labute approximate surface area is 106 Å². The number of aliphatic hydroxyl groups is 1. The maximum absolute atomic E-state index is 10.2. The van der Waals surface area contributed by atoms with Gasteiger partial charge in [0.25, 0.3) is 0 Å². The fourth-order valence-electron chi connectivity index (χ4n) is 2.28. The van der Waals surface area contributed by atoms with E-state index in [0.29, 0.717) is 12.5 Å². The van der Waals surface area contributed by atoms with Crippen LogP contribution in [0.2, 0.25) is 0 Å². The molecule has 1 unspecified atom stereocenters. The van der Waals surface area contributed by atoms with E-state index >= 15 is 0 Å². The van der Waals surface area contributed by atoms with Crippen LogP contribution in [-0.4, -0.2) is 24.4 Å². The molecule has 5 heteroatoms. The van der Waals surface area contributed by atoms with Crippen LogP contribution in [0.4, 0.5) is 0 Å². The molecule has 2 heterocycles. The molecule has 0 saturated heterocycles. The van der Waals surface area contributed by atoms with Gasteiger partial charge in [0.1, 0.15) is 0 Å². The molecule has 18 heavy (non-hydrogen) atoms. The number of rotatable bonds is 5. The Kier molecular flexibility index (Phi) is 2.91. The highest BCUT2D eigenvalue weighted by atomic mass is 16.3. The van der Waals surface area contributed by atoms with Crippen molar-refractivity contribution in [2.75, 3.05) is 0 Å². The molecule has 0 radical (unpaired) electrons. The molecule has 1 aliphatic rings. The van der Waals surface area contributed by atoms with E-state index in [9.17, 15) is 5.11 Å². The molecular weight excluding hydrogens is 228 g/mol. The molecule has 1 fully saturated rings. The maximum atomic E-state index is 10.2. The Balaban J connectivity index is 1.63. The van der Waals surface area contributed by atoms with Crippen molar-refractivity contribution < 1.29 is 5.11 Å². The van der Waals surface area contributed by atoms with Gasteiger partial charge < -0.3 is 9.67 Å². The Morgan fingerprint density at radius 1 is 1.44 bits per heavy atom. The highest BCUT2D eigenvalue weighted by Crippen LogP contribution is 2.37. The second-order valence-corrected chi connectivity index (χ2v) is 5.03. The summed E-state index contributed by atoms with van der Waals surface area (Å²) in [5, 5.41) is 14.4. The number of aryl methyl sites for hydroxylation is 2. The summed E-state index contributed by atoms with van der Waals surface area (Å²) in [4.78, 5) is 4.15. The summed E-state index contributed by atoms with van der Waals surface area (Å²) in [5.41, 5.74) is 2.11. The van der Waals surface area contributed by atoms with Crippen LogP contribution in [0.1, 0.15) is 42.7 Å². The zero-order chi connectivity index (χ0) is 12.5. The van der Waals surface area contributed by atoms with Gasteiger partial charge in [-0.2, -0.15) is 5.10 Å². The Morgan fingerprint density at radius 2 is 2.28 bits per heavy atom. The lowest BCUT2D eigenvalue weighted by Crippen LogP contribution is -2.06. The normalized spacial score (nSPS) is 17.0. The van der Waals surface area contributed by atoms with Crippen LogP contribution in [0, 0.1) is 0 Å². The number of aromatic nitrogens is 4. The van der Waals surface area contributed by atoms with Crippen molar-refractivity contribution in [2.24, 2.45) is 7.05 Å². The number of aliphatic hydroxyl groups excluding tert-OH is 1. The molecule has 2 aromatic heterocycles. The van der Waals surface area contributed by atoms with Gasteiger partial charge in [0.05, 0.1) is 30.5 Å². The zero-order valence-corrected chi connectivity index (χ0v) is 10.5. The number of nitrogens with zero attached hydrogens (tertiary/aromatic N) is 4. The molecule has 3 rings (SSSR count). The third kappa shape index (κ3) is 2.31. The summed E-state index contributed by atoms with van der Waals surface area (Å²) in [7, 11) is 1.90. The van der Waals surface area contributed by atoms with Gasteiger partial charge in [0.2, 0.25) is 0 Å². The fraction of sp³-hybridized carbons (Fsp3) is 0.538. The Morgan fingerprint density at radius 3 is 2.94 bits per heavy atom. The van der Waals surface area contributed by atoms with Gasteiger partial charge in [-0.15, -0.1) is 0 Å². The Bertz CT molecular complexity index is 527. The molecule has 1 atom stereocenters. The van der Waals surface area contributed by atoms with Gasteiger partial charge in [-0.25, -0.2) is 4.98 Å². The van der Waals surface area contributed by atoms with Crippen molar-refractivity contribution >= 4 is 0 Å². The quantitative estimate of drug-likeness (QED) is 0.872. The van der Waals surface area contributed by atoms with Gasteiger partial charge >= 0.3 is 0 Å². The van der Waals surface area contributed by atoms with Gasteiger partial charge in [-0.05, 0) is 31.2 Å². The van der Waals surface area contributed by atoms with Crippen molar-refractivity contribution in [3.05, 3.63) is 36.2 Å². The molecule has 1 aliphatic carbocycles. The van der Waals surface area contributed by atoms with Gasteiger partial charge in [0, 0.05) is 19.3 Å². The lowest BCUT2D eigenvalue weighted by Gasteiger charge is -2.12. The van der Waals surface area contributed by atoms with E-state index in [-0.39, 0.29) is 0 Å². The van der Waals surface area contributed by atoms with E-state index in [1.807, 2.05) is 25.8 Å². The second-order valence-electron chi connectivity index (χ2n) is 5.03. The molecule has 5 nitrogen and oxygen atoms in total. The van der Waals surface area contributed by atoms with Crippen LogP contribution >= 0.6 is 0 Å². The van der Waals surface area contributed by atoms with Crippen molar-refractivity contribution in [3.63, 3.8) is 0 Å². The smallest absolute Gasteiger partial charge is 0.0959 e. The largest absolute Gasteiger partial charge is 0.387 e. The minimum atomic E-state index is -0.437. The first-order chi connectivity index (χ1) is 8.74. The third-order valence-corrected chi connectivity index (χ3v) is 3.44. The molecule has 96 valence electrons. The van der Waals surface area contributed by atoms with Crippen LogP contribution < -0.4 is 0 Å². The van der Waals surface area contributed by atoms with E-state index in [2.05, 4.69) is 14.6 Å². The Hall–Kier alpha value is -1.62. The van der Waals surface area contributed by atoms with Crippen LogP contribution in [-0.2, 0) is 13.5 Å². The second kappa shape index (κ2) is 4.57.